The molecule has 0 N–H and O–H groups in total. The monoisotopic (exact) mass is 285 g/mol. The molecular weight excluding hydrogens is 280 g/mol. The van der Waals surface area contributed by atoms with Crippen LogP contribution >= 0.6 is 0 Å². The average Bonchev–Trinajstić information content (AvgIpc) is 2.23. The average molecular weight is 285 g/mol. The maximum absolute atomic E-state index is 12.2. The van der Waals surface area contributed by atoms with E-state index in [-0.39, 0.29) is 6.08 Å². The van der Waals surface area contributed by atoms with Gasteiger partial charge in [-0.25, -0.2) is 0 Å². The van der Waals surface area contributed by atoms with Gasteiger partial charge in [0.15, 0.2) is 0 Å². The first-order valence-corrected chi connectivity index (χ1v) is 4.62. The minimum Gasteiger partial charge on any atom is -0.258 e. The van der Waals surface area contributed by atoms with E-state index in [2.05, 4.69) is 0 Å². The predicted octanol–water partition coefficient (Wildman–Crippen LogP) is 4.10. The molecule has 0 aliphatic heterocycles. The molecule has 1 aromatic carbocycles. The molecule has 1 rings (SSSR count). The van der Waals surface area contributed by atoms with Gasteiger partial charge in [-0.2, -0.15) is 26.3 Å². The van der Waals surface area contributed by atoms with E-state index >= 15 is 0 Å². The largest absolute Gasteiger partial charge is 0.421 e. The molecular formula is C10H5F6NO2. The van der Waals surface area contributed by atoms with Crippen LogP contribution in [0.3, 0.4) is 0 Å². The SMILES string of the molecule is O=[N+]([O-])c1ccc(C=C(C(F)(F)F)C(F)(F)F)cc1. The Balaban J connectivity index is 3.20. The predicted molar refractivity (Wildman–Crippen MR) is 53.2 cm³/mol. The third-order valence-electron chi connectivity index (χ3n) is 2.03. The molecule has 3 nitrogen and oxygen atoms in total. The zero-order valence-electron chi connectivity index (χ0n) is 8.92. The molecule has 0 unspecified atom stereocenters. The van der Waals surface area contributed by atoms with Crippen LogP contribution in [0.5, 0.6) is 0 Å². The molecule has 0 aliphatic carbocycles. The summed E-state index contributed by atoms with van der Waals surface area (Å²) in [7, 11) is 0. The topological polar surface area (TPSA) is 43.1 Å². The summed E-state index contributed by atoms with van der Waals surface area (Å²) < 4.78 is 73.3. The van der Waals surface area contributed by atoms with Crippen molar-refractivity contribution in [2.45, 2.75) is 12.4 Å². The van der Waals surface area contributed by atoms with Gasteiger partial charge in [0, 0.05) is 12.1 Å². The van der Waals surface area contributed by atoms with Crippen molar-refractivity contribution in [2.75, 3.05) is 0 Å². The normalized spacial score (nSPS) is 12.1. The number of rotatable bonds is 2. The fraction of sp³-hybridized carbons (Fsp3) is 0.200. The Kier molecular flexibility index (Phi) is 3.87. The van der Waals surface area contributed by atoms with Crippen LogP contribution < -0.4 is 0 Å². The number of nitro groups is 1. The molecule has 0 bridgehead atoms. The van der Waals surface area contributed by atoms with Gasteiger partial charge in [0.1, 0.15) is 5.57 Å². The van der Waals surface area contributed by atoms with Crippen molar-refractivity contribution in [1.29, 1.82) is 0 Å². The first-order valence-electron chi connectivity index (χ1n) is 4.62. The van der Waals surface area contributed by atoms with Gasteiger partial charge in [-0.05, 0) is 23.8 Å². The smallest absolute Gasteiger partial charge is 0.258 e. The molecule has 0 saturated heterocycles. The van der Waals surface area contributed by atoms with Gasteiger partial charge >= 0.3 is 12.4 Å². The van der Waals surface area contributed by atoms with Crippen molar-refractivity contribution in [3.8, 4) is 0 Å². The fourth-order valence-corrected chi connectivity index (χ4v) is 1.18. The highest BCUT2D eigenvalue weighted by atomic mass is 19.4. The highest BCUT2D eigenvalue weighted by Crippen LogP contribution is 2.39. The van der Waals surface area contributed by atoms with Gasteiger partial charge in [0.05, 0.1) is 4.92 Å². The van der Waals surface area contributed by atoms with Crippen molar-refractivity contribution >= 4 is 11.8 Å². The summed E-state index contributed by atoms with van der Waals surface area (Å²) in [5.41, 5.74) is -3.54. The lowest BCUT2D eigenvalue weighted by atomic mass is 10.1. The van der Waals surface area contributed by atoms with Crippen LogP contribution in [-0.4, -0.2) is 17.3 Å². The van der Waals surface area contributed by atoms with Gasteiger partial charge in [-0.15, -0.1) is 0 Å². The van der Waals surface area contributed by atoms with Crippen molar-refractivity contribution in [2.24, 2.45) is 0 Å². The van der Waals surface area contributed by atoms with E-state index in [1.165, 1.54) is 0 Å². The van der Waals surface area contributed by atoms with Crippen LogP contribution in [0.1, 0.15) is 5.56 Å². The maximum Gasteiger partial charge on any atom is 0.421 e. The summed E-state index contributed by atoms with van der Waals surface area (Å²) in [4.78, 5) is 9.47. The summed E-state index contributed by atoms with van der Waals surface area (Å²) in [6.07, 6.45) is -11.2. The van der Waals surface area contributed by atoms with E-state index in [1.807, 2.05) is 0 Å². The minimum absolute atomic E-state index is 0.107. The fourth-order valence-electron chi connectivity index (χ4n) is 1.18. The van der Waals surface area contributed by atoms with Crippen molar-refractivity contribution < 1.29 is 31.3 Å². The Hall–Kier alpha value is -2.06. The number of nitrogens with zero attached hydrogens (tertiary/aromatic N) is 1. The van der Waals surface area contributed by atoms with Crippen LogP contribution in [-0.2, 0) is 0 Å². The molecule has 0 aliphatic rings. The summed E-state index contributed by atoms with van der Waals surface area (Å²) in [5, 5.41) is 10.3. The quantitative estimate of drug-likeness (QED) is 0.466. The second kappa shape index (κ2) is 4.90. The highest BCUT2D eigenvalue weighted by molar-refractivity contribution is 5.57. The molecule has 0 atom stereocenters. The number of hydrogen-bond acceptors (Lipinski definition) is 2. The second-order valence-corrected chi connectivity index (χ2v) is 3.40. The van der Waals surface area contributed by atoms with E-state index in [1.54, 1.807) is 0 Å². The summed E-state index contributed by atoms with van der Waals surface area (Å²) in [6, 6.07) is 3.23. The summed E-state index contributed by atoms with van der Waals surface area (Å²) in [6.45, 7) is 0. The Morgan fingerprint density at radius 2 is 1.42 bits per heavy atom. The van der Waals surface area contributed by atoms with Crippen LogP contribution in [0.2, 0.25) is 0 Å². The Morgan fingerprint density at radius 1 is 1.00 bits per heavy atom. The number of halogens is 6. The standard InChI is InChI=1S/C10H5F6NO2/c11-9(12,13)8(10(14,15)16)5-6-1-3-7(4-2-6)17(18)19/h1-5H. The van der Waals surface area contributed by atoms with E-state index in [0.29, 0.717) is 0 Å². The molecule has 0 spiro atoms. The number of alkyl halides is 6. The van der Waals surface area contributed by atoms with Crippen molar-refractivity contribution in [3.05, 3.63) is 45.5 Å². The summed E-state index contributed by atoms with van der Waals surface area (Å²) in [5.74, 6) is 0. The molecule has 0 amide bonds. The molecule has 0 radical (unpaired) electrons. The first kappa shape index (κ1) is 15.0. The van der Waals surface area contributed by atoms with Crippen molar-refractivity contribution in [3.63, 3.8) is 0 Å². The van der Waals surface area contributed by atoms with Gasteiger partial charge in [0.2, 0.25) is 0 Å². The number of benzene rings is 1. The van der Waals surface area contributed by atoms with Gasteiger partial charge in [-0.1, -0.05) is 0 Å². The lowest BCUT2D eigenvalue weighted by molar-refractivity contribution is -0.384. The third-order valence-corrected chi connectivity index (χ3v) is 2.03. The number of nitro benzene ring substituents is 1. The van der Waals surface area contributed by atoms with Crippen LogP contribution in [0.25, 0.3) is 6.08 Å². The number of hydrogen-bond donors (Lipinski definition) is 0. The second-order valence-electron chi connectivity index (χ2n) is 3.40. The molecule has 9 heteroatoms. The maximum atomic E-state index is 12.2. The Bertz CT molecular complexity index is 484. The Morgan fingerprint density at radius 3 is 1.74 bits per heavy atom. The van der Waals surface area contributed by atoms with E-state index in [9.17, 15) is 36.5 Å². The minimum atomic E-state index is -5.56. The van der Waals surface area contributed by atoms with Crippen LogP contribution in [0.4, 0.5) is 32.0 Å². The van der Waals surface area contributed by atoms with Crippen LogP contribution in [0.15, 0.2) is 29.8 Å². The molecule has 19 heavy (non-hydrogen) atoms. The van der Waals surface area contributed by atoms with E-state index in [4.69, 9.17) is 0 Å². The van der Waals surface area contributed by atoms with Crippen molar-refractivity contribution in [1.82, 2.24) is 0 Å². The van der Waals surface area contributed by atoms with Crippen LogP contribution in [0, 0.1) is 10.1 Å². The van der Waals surface area contributed by atoms with Gasteiger partial charge < -0.3 is 0 Å². The third kappa shape index (κ3) is 3.97. The zero-order valence-corrected chi connectivity index (χ0v) is 8.92. The zero-order chi connectivity index (χ0) is 14.8. The van der Waals surface area contributed by atoms with E-state index < -0.39 is 34.1 Å². The van der Waals surface area contributed by atoms with Gasteiger partial charge in [-0.3, -0.25) is 10.1 Å². The lowest BCUT2D eigenvalue weighted by Crippen LogP contribution is -2.25. The van der Waals surface area contributed by atoms with E-state index in [0.717, 1.165) is 24.3 Å². The number of non-ortho nitro benzene ring substituents is 1. The first-order chi connectivity index (χ1) is 8.51. The van der Waals surface area contributed by atoms with Gasteiger partial charge in [0.25, 0.3) is 5.69 Å². The molecule has 0 fully saturated rings. The Labute approximate surface area is 102 Å². The molecule has 104 valence electrons. The lowest BCUT2D eigenvalue weighted by Gasteiger charge is -2.14. The summed E-state index contributed by atoms with van der Waals surface area (Å²) >= 11 is 0. The molecule has 0 heterocycles. The molecule has 0 aromatic heterocycles. The highest BCUT2D eigenvalue weighted by Gasteiger charge is 2.50. The number of allylic oxidation sites excluding steroid dienone is 1. The molecule has 1 aromatic rings. The molecule has 0 saturated carbocycles.